The van der Waals surface area contributed by atoms with Crippen molar-refractivity contribution in [2.24, 2.45) is 0 Å². The van der Waals surface area contributed by atoms with E-state index < -0.39 is 41.6 Å². The maximum absolute atomic E-state index is 12.9. The molecule has 0 aliphatic carbocycles. The number of benzene rings is 1. The van der Waals surface area contributed by atoms with Crippen molar-refractivity contribution in [2.45, 2.75) is 19.0 Å². The van der Waals surface area contributed by atoms with Crippen molar-refractivity contribution >= 4 is 21.7 Å². The second kappa shape index (κ2) is 6.02. The topological polar surface area (TPSA) is 26.3 Å². The number of halogens is 7. The molecule has 0 fully saturated rings. The Morgan fingerprint density at radius 3 is 2.20 bits per heavy atom. The van der Waals surface area contributed by atoms with E-state index in [2.05, 4.69) is 20.7 Å². The third kappa shape index (κ3) is 4.69. The third-order valence-electron chi connectivity index (χ3n) is 2.16. The van der Waals surface area contributed by atoms with Crippen LogP contribution in [0, 0.1) is 0 Å². The number of ether oxygens (including phenoxy) is 1. The van der Waals surface area contributed by atoms with Gasteiger partial charge in [-0.1, -0.05) is 28.1 Å². The van der Waals surface area contributed by atoms with Gasteiger partial charge in [0.1, 0.15) is 17.1 Å². The summed E-state index contributed by atoms with van der Waals surface area (Å²) in [6, 6.07) is 2.46. The van der Waals surface area contributed by atoms with E-state index in [1.54, 1.807) is 0 Å². The summed E-state index contributed by atoms with van der Waals surface area (Å²) in [4.78, 5) is 11.2. The second-order valence-electron chi connectivity index (χ2n) is 3.68. The predicted molar refractivity (Wildman–Crippen MR) is 60.6 cm³/mol. The molecule has 0 aliphatic rings. The molecule has 0 radical (unpaired) electrons. The standard InChI is InChI=1S/C11H7BrF6O2/c12-5-7(19)4-6-2-1-3-8(20-11(16,17)18)9(6)10(13,14)15/h1-3H,4-5H2. The molecule has 0 heterocycles. The molecule has 0 aliphatic heterocycles. The summed E-state index contributed by atoms with van der Waals surface area (Å²) >= 11 is 2.77. The van der Waals surface area contributed by atoms with Crippen LogP contribution in [0.25, 0.3) is 0 Å². The Morgan fingerprint density at radius 1 is 1.15 bits per heavy atom. The van der Waals surface area contributed by atoms with E-state index >= 15 is 0 Å². The minimum atomic E-state index is -5.25. The highest BCUT2D eigenvalue weighted by Crippen LogP contribution is 2.40. The average molecular weight is 365 g/mol. The van der Waals surface area contributed by atoms with Gasteiger partial charge in [0, 0.05) is 6.42 Å². The van der Waals surface area contributed by atoms with Crippen LogP contribution in [-0.2, 0) is 17.4 Å². The van der Waals surface area contributed by atoms with Gasteiger partial charge in [-0.15, -0.1) is 13.2 Å². The van der Waals surface area contributed by atoms with Crippen molar-refractivity contribution in [3.05, 3.63) is 29.3 Å². The predicted octanol–water partition coefficient (Wildman–Crippen LogP) is 4.11. The van der Waals surface area contributed by atoms with Crippen molar-refractivity contribution in [3.8, 4) is 5.75 Å². The lowest BCUT2D eigenvalue weighted by Crippen LogP contribution is -2.21. The highest BCUT2D eigenvalue weighted by atomic mass is 79.9. The number of hydrogen-bond acceptors (Lipinski definition) is 2. The Labute approximate surface area is 117 Å². The minimum absolute atomic E-state index is 0.200. The van der Waals surface area contributed by atoms with Crippen LogP contribution in [0.2, 0.25) is 0 Å². The molecule has 0 saturated heterocycles. The summed E-state index contributed by atoms with van der Waals surface area (Å²) in [5.74, 6) is -1.97. The number of ketones is 1. The number of hydrogen-bond donors (Lipinski definition) is 0. The highest BCUT2D eigenvalue weighted by molar-refractivity contribution is 9.09. The fraction of sp³-hybridized carbons (Fsp3) is 0.364. The van der Waals surface area contributed by atoms with Gasteiger partial charge < -0.3 is 4.74 Å². The second-order valence-corrected chi connectivity index (χ2v) is 4.25. The van der Waals surface area contributed by atoms with Crippen LogP contribution >= 0.6 is 15.9 Å². The summed E-state index contributed by atoms with van der Waals surface area (Å²) < 4.78 is 78.3. The lowest BCUT2D eigenvalue weighted by molar-refractivity contribution is -0.276. The van der Waals surface area contributed by atoms with Gasteiger partial charge in [-0.25, -0.2) is 0 Å². The van der Waals surface area contributed by atoms with Crippen LogP contribution in [0.15, 0.2) is 18.2 Å². The number of Topliss-reactive ketones (excluding diaryl/α,β-unsaturated/α-hetero) is 1. The zero-order chi connectivity index (χ0) is 15.6. The molecule has 0 amide bonds. The van der Waals surface area contributed by atoms with E-state index in [0.717, 1.165) is 12.1 Å². The molecule has 0 spiro atoms. The van der Waals surface area contributed by atoms with Gasteiger partial charge in [0.15, 0.2) is 0 Å². The minimum Gasteiger partial charge on any atom is -0.405 e. The van der Waals surface area contributed by atoms with E-state index in [1.807, 2.05) is 0 Å². The van der Waals surface area contributed by atoms with Crippen molar-refractivity contribution in [1.29, 1.82) is 0 Å². The van der Waals surface area contributed by atoms with Gasteiger partial charge in [-0.2, -0.15) is 13.2 Å². The Balaban J connectivity index is 3.31. The first kappa shape index (κ1) is 16.8. The summed E-state index contributed by atoms with van der Waals surface area (Å²) in [5, 5.41) is -0.200. The molecule has 112 valence electrons. The summed E-state index contributed by atoms with van der Waals surface area (Å²) in [5.41, 5.74) is -2.16. The van der Waals surface area contributed by atoms with Gasteiger partial charge >= 0.3 is 12.5 Å². The van der Waals surface area contributed by atoms with Gasteiger partial charge in [-0.3, -0.25) is 4.79 Å². The van der Waals surface area contributed by atoms with Gasteiger partial charge in [-0.05, 0) is 11.6 Å². The van der Waals surface area contributed by atoms with E-state index in [9.17, 15) is 31.1 Å². The molecule has 1 aromatic rings. The fourth-order valence-corrected chi connectivity index (χ4v) is 1.71. The lowest BCUT2D eigenvalue weighted by atomic mass is 10.0. The Hall–Kier alpha value is -1.25. The summed E-state index contributed by atoms with van der Waals surface area (Å²) in [7, 11) is 0. The van der Waals surface area contributed by atoms with Crippen LogP contribution in [0.1, 0.15) is 11.1 Å². The zero-order valence-electron chi connectivity index (χ0n) is 9.61. The number of rotatable bonds is 4. The molecule has 1 aromatic carbocycles. The number of carbonyl (C=O) groups is 1. The first-order valence-corrected chi connectivity index (χ1v) is 6.19. The number of carbonyl (C=O) groups excluding carboxylic acids is 1. The molecule has 0 bridgehead atoms. The van der Waals surface area contributed by atoms with Crippen LogP contribution in [-0.4, -0.2) is 17.5 Å². The molecule has 2 nitrogen and oxygen atoms in total. The molecule has 20 heavy (non-hydrogen) atoms. The van der Waals surface area contributed by atoms with Gasteiger partial charge in [0.2, 0.25) is 0 Å². The molecular weight excluding hydrogens is 358 g/mol. The first-order chi connectivity index (χ1) is 9.04. The van der Waals surface area contributed by atoms with Crippen molar-refractivity contribution in [1.82, 2.24) is 0 Å². The van der Waals surface area contributed by atoms with Crippen LogP contribution < -0.4 is 4.74 Å². The molecule has 0 N–H and O–H groups in total. The molecule has 9 heteroatoms. The van der Waals surface area contributed by atoms with E-state index in [4.69, 9.17) is 0 Å². The quantitative estimate of drug-likeness (QED) is 0.593. The SMILES string of the molecule is O=C(CBr)Cc1cccc(OC(F)(F)F)c1C(F)(F)F. The maximum atomic E-state index is 12.9. The average Bonchev–Trinajstić information content (AvgIpc) is 2.25. The van der Waals surface area contributed by atoms with E-state index in [1.165, 1.54) is 0 Å². The monoisotopic (exact) mass is 364 g/mol. The van der Waals surface area contributed by atoms with Crippen molar-refractivity contribution in [2.75, 3.05) is 5.33 Å². The summed E-state index contributed by atoms with van der Waals surface area (Å²) in [6.07, 6.45) is -11.0. The molecule has 0 unspecified atom stereocenters. The third-order valence-corrected chi connectivity index (χ3v) is 2.78. The Bertz CT molecular complexity index is 495. The smallest absolute Gasteiger partial charge is 0.405 e. The van der Waals surface area contributed by atoms with Crippen molar-refractivity contribution < 1.29 is 35.9 Å². The maximum Gasteiger partial charge on any atom is 0.573 e. The lowest BCUT2D eigenvalue weighted by Gasteiger charge is -2.18. The Kier molecular flexibility index (Phi) is 5.06. The molecule has 0 aromatic heterocycles. The van der Waals surface area contributed by atoms with Crippen LogP contribution in [0.5, 0.6) is 5.75 Å². The van der Waals surface area contributed by atoms with Crippen LogP contribution in [0.3, 0.4) is 0 Å². The van der Waals surface area contributed by atoms with Crippen LogP contribution in [0.4, 0.5) is 26.3 Å². The normalized spacial score (nSPS) is 12.3. The van der Waals surface area contributed by atoms with E-state index in [-0.39, 0.29) is 5.33 Å². The van der Waals surface area contributed by atoms with Gasteiger partial charge in [0.05, 0.1) is 5.33 Å². The fourth-order valence-electron chi connectivity index (χ4n) is 1.52. The van der Waals surface area contributed by atoms with E-state index in [0.29, 0.717) is 6.07 Å². The molecule has 0 saturated carbocycles. The number of alkyl halides is 7. The first-order valence-electron chi connectivity index (χ1n) is 5.07. The molecular formula is C11H7BrF6O2. The summed E-state index contributed by atoms with van der Waals surface area (Å²) in [6.45, 7) is 0. The van der Waals surface area contributed by atoms with Gasteiger partial charge in [0.25, 0.3) is 0 Å². The largest absolute Gasteiger partial charge is 0.573 e. The zero-order valence-corrected chi connectivity index (χ0v) is 11.2. The Morgan fingerprint density at radius 2 is 1.75 bits per heavy atom. The highest BCUT2D eigenvalue weighted by Gasteiger charge is 2.41. The van der Waals surface area contributed by atoms with Crippen molar-refractivity contribution in [3.63, 3.8) is 0 Å². The molecule has 1 rings (SSSR count). The molecule has 0 atom stereocenters.